The van der Waals surface area contributed by atoms with E-state index < -0.39 is 0 Å². The zero-order chi connectivity index (χ0) is 17.2. The van der Waals surface area contributed by atoms with E-state index in [1.54, 1.807) is 18.2 Å². The quantitative estimate of drug-likeness (QED) is 0.782. The second-order valence-corrected chi connectivity index (χ2v) is 6.81. The van der Waals surface area contributed by atoms with Crippen LogP contribution in [0.15, 0.2) is 18.2 Å². The van der Waals surface area contributed by atoms with E-state index in [4.69, 9.17) is 5.11 Å². The van der Waals surface area contributed by atoms with Gasteiger partial charge in [0, 0.05) is 24.1 Å². The highest BCUT2D eigenvalue weighted by molar-refractivity contribution is 5.97. The van der Waals surface area contributed by atoms with Crippen molar-refractivity contribution < 1.29 is 15.0 Å². The van der Waals surface area contributed by atoms with Crippen LogP contribution in [0.5, 0.6) is 0 Å². The summed E-state index contributed by atoms with van der Waals surface area (Å²) in [5.74, 6) is 0.487. The van der Waals surface area contributed by atoms with Gasteiger partial charge in [-0.15, -0.1) is 0 Å². The SMILES string of the molecule is CCC[C@]1(CO)CCCN(C(=O)c2ccc3nc(CO)[nH]c3c2)C1. The Kier molecular flexibility index (Phi) is 4.87. The average Bonchev–Trinajstić information content (AvgIpc) is 3.04. The maximum absolute atomic E-state index is 12.9. The zero-order valence-corrected chi connectivity index (χ0v) is 14.1. The molecule has 6 heteroatoms. The third-order valence-electron chi connectivity index (χ3n) is 4.99. The van der Waals surface area contributed by atoms with Crippen molar-refractivity contribution in [1.29, 1.82) is 0 Å². The molecule has 6 nitrogen and oxygen atoms in total. The monoisotopic (exact) mass is 331 g/mol. The number of benzene rings is 1. The summed E-state index contributed by atoms with van der Waals surface area (Å²) in [6, 6.07) is 5.37. The number of aliphatic hydroxyl groups is 2. The molecule has 2 heterocycles. The minimum Gasteiger partial charge on any atom is -0.396 e. The van der Waals surface area contributed by atoms with Crippen molar-refractivity contribution in [1.82, 2.24) is 14.9 Å². The van der Waals surface area contributed by atoms with Crippen LogP contribution in [0.2, 0.25) is 0 Å². The minimum atomic E-state index is -0.162. The third-order valence-corrected chi connectivity index (χ3v) is 4.99. The van der Waals surface area contributed by atoms with Crippen LogP contribution < -0.4 is 0 Å². The van der Waals surface area contributed by atoms with Gasteiger partial charge in [-0.3, -0.25) is 4.79 Å². The summed E-state index contributed by atoms with van der Waals surface area (Å²) in [6.07, 6.45) is 3.84. The number of nitrogens with one attached hydrogen (secondary N) is 1. The number of hydrogen-bond acceptors (Lipinski definition) is 4. The summed E-state index contributed by atoms with van der Waals surface area (Å²) in [7, 11) is 0. The molecule has 1 amide bonds. The Morgan fingerprint density at radius 1 is 1.42 bits per heavy atom. The second-order valence-electron chi connectivity index (χ2n) is 6.81. The van der Waals surface area contributed by atoms with Crippen molar-refractivity contribution >= 4 is 16.9 Å². The normalized spacial score (nSPS) is 21.4. The Bertz CT molecular complexity index is 723. The molecule has 0 saturated carbocycles. The number of H-pyrrole nitrogens is 1. The summed E-state index contributed by atoms with van der Waals surface area (Å²) in [6.45, 7) is 3.43. The fraction of sp³-hybridized carbons (Fsp3) is 0.556. The van der Waals surface area contributed by atoms with Gasteiger partial charge < -0.3 is 20.1 Å². The summed E-state index contributed by atoms with van der Waals surface area (Å²) >= 11 is 0. The lowest BCUT2D eigenvalue weighted by atomic mass is 9.77. The number of nitrogens with zero attached hydrogens (tertiary/aromatic N) is 2. The number of hydrogen-bond donors (Lipinski definition) is 3. The molecule has 24 heavy (non-hydrogen) atoms. The Balaban J connectivity index is 1.82. The molecule has 1 aromatic carbocycles. The Morgan fingerprint density at radius 2 is 2.25 bits per heavy atom. The summed E-state index contributed by atoms with van der Waals surface area (Å²) in [5.41, 5.74) is 1.94. The molecule has 130 valence electrons. The number of aromatic amines is 1. The zero-order valence-electron chi connectivity index (χ0n) is 14.1. The predicted molar refractivity (Wildman–Crippen MR) is 91.6 cm³/mol. The molecule has 1 atom stereocenters. The number of aliphatic hydroxyl groups excluding tert-OH is 2. The molecule has 1 aliphatic rings. The van der Waals surface area contributed by atoms with Gasteiger partial charge >= 0.3 is 0 Å². The fourth-order valence-electron chi connectivity index (χ4n) is 3.78. The van der Waals surface area contributed by atoms with Crippen molar-refractivity contribution in [3.8, 4) is 0 Å². The molecule has 1 aliphatic heterocycles. The first-order chi connectivity index (χ1) is 11.6. The standard InChI is InChI=1S/C18H25N3O3/c1-2-6-18(12-23)7-3-8-21(11-18)17(24)13-4-5-14-15(9-13)20-16(10-22)19-14/h4-5,9,22-23H,2-3,6-8,10-12H2,1H3,(H,19,20)/t18-/m0/s1. The van der Waals surface area contributed by atoms with Gasteiger partial charge in [0.15, 0.2) is 0 Å². The molecule has 0 bridgehead atoms. The highest BCUT2D eigenvalue weighted by Crippen LogP contribution is 2.34. The van der Waals surface area contributed by atoms with E-state index in [2.05, 4.69) is 16.9 Å². The van der Waals surface area contributed by atoms with E-state index >= 15 is 0 Å². The van der Waals surface area contributed by atoms with Crippen molar-refractivity contribution in [2.75, 3.05) is 19.7 Å². The van der Waals surface area contributed by atoms with Crippen molar-refractivity contribution in [2.24, 2.45) is 5.41 Å². The molecule has 2 aromatic rings. The first-order valence-electron chi connectivity index (χ1n) is 8.60. The number of rotatable bonds is 5. The number of amides is 1. The van der Waals surface area contributed by atoms with Gasteiger partial charge in [-0.05, 0) is 37.5 Å². The van der Waals surface area contributed by atoms with E-state index in [0.29, 0.717) is 17.9 Å². The number of carbonyl (C=O) groups is 1. The molecule has 1 aromatic heterocycles. The molecule has 0 radical (unpaired) electrons. The van der Waals surface area contributed by atoms with Crippen LogP contribution in [0.3, 0.4) is 0 Å². The van der Waals surface area contributed by atoms with Crippen molar-refractivity contribution in [2.45, 2.75) is 39.2 Å². The van der Waals surface area contributed by atoms with Gasteiger partial charge in [-0.2, -0.15) is 0 Å². The van der Waals surface area contributed by atoms with E-state index in [1.165, 1.54) is 0 Å². The van der Waals surface area contributed by atoms with E-state index in [1.807, 2.05) is 4.90 Å². The first kappa shape index (κ1) is 16.9. The van der Waals surface area contributed by atoms with Gasteiger partial charge in [0.05, 0.1) is 17.6 Å². The molecular weight excluding hydrogens is 306 g/mol. The molecular formula is C18H25N3O3. The smallest absolute Gasteiger partial charge is 0.253 e. The summed E-state index contributed by atoms with van der Waals surface area (Å²) in [5, 5.41) is 19.0. The van der Waals surface area contributed by atoms with Crippen LogP contribution in [-0.2, 0) is 6.61 Å². The van der Waals surface area contributed by atoms with Gasteiger partial charge in [0.1, 0.15) is 12.4 Å². The molecule has 0 spiro atoms. The summed E-state index contributed by atoms with van der Waals surface area (Å²) < 4.78 is 0. The van der Waals surface area contributed by atoms with E-state index in [9.17, 15) is 9.90 Å². The maximum Gasteiger partial charge on any atom is 0.253 e. The molecule has 0 aliphatic carbocycles. The lowest BCUT2D eigenvalue weighted by Gasteiger charge is -2.42. The molecule has 1 saturated heterocycles. The van der Waals surface area contributed by atoms with Crippen molar-refractivity contribution in [3.63, 3.8) is 0 Å². The predicted octanol–water partition coefficient (Wildman–Crippen LogP) is 2.07. The van der Waals surface area contributed by atoms with Gasteiger partial charge in [-0.1, -0.05) is 13.3 Å². The highest BCUT2D eigenvalue weighted by atomic mass is 16.3. The van der Waals surface area contributed by atoms with Crippen LogP contribution in [0.1, 0.15) is 48.8 Å². The number of fused-ring (bicyclic) bond motifs is 1. The van der Waals surface area contributed by atoms with Crippen LogP contribution in [0.25, 0.3) is 11.0 Å². The number of imidazole rings is 1. The maximum atomic E-state index is 12.9. The van der Waals surface area contributed by atoms with E-state index in [-0.39, 0.29) is 24.5 Å². The fourth-order valence-corrected chi connectivity index (χ4v) is 3.78. The number of piperidine rings is 1. The number of carbonyl (C=O) groups excluding carboxylic acids is 1. The van der Waals surface area contributed by atoms with Gasteiger partial charge in [0.25, 0.3) is 5.91 Å². The topological polar surface area (TPSA) is 89.4 Å². The molecule has 1 fully saturated rings. The van der Waals surface area contributed by atoms with Crippen LogP contribution in [0, 0.1) is 5.41 Å². The lowest BCUT2D eigenvalue weighted by Crippen LogP contribution is -2.47. The third kappa shape index (κ3) is 3.16. The van der Waals surface area contributed by atoms with Crippen LogP contribution in [-0.4, -0.2) is 50.7 Å². The molecule has 0 unspecified atom stereocenters. The van der Waals surface area contributed by atoms with Crippen molar-refractivity contribution in [3.05, 3.63) is 29.6 Å². The summed E-state index contributed by atoms with van der Waals surface area (Å²) in [4.78, 5) is 22.0. The van der Waals surface area contributed by atoms with Crippen LogP contribution >= 0.6 is 0 Å². The average molecular weight is 331 g/mol. The molecule has 3 rings (SSSR count). The first-order valence-corrected chi connectivity index (χ1v) is 8.60. The minimum absolute atomic E-state index is 0.00863. The second kappa shape index (κ2) is 6.91. The number of aromatic nitrogens is 2. The highest BCUT2D eigenvalue weighted by Gasteiger charge is 2.36. The van der Waals surface area contributed by atoms with E-state index in [0.717, 1.165) is 43.3 Å². The van der Waals surface area contributed by atoms with Gasteiger partial charge in [-0.25, -0.2) is 4.98 Å². The number of likely N-dealkylation sites (tertiary alicyclic amines) is 1. The Labute approximate surface area is 141 Å². The largest absolute Gasteiger partial charge is 0.396 e. The Morgan fingerprint density at radius 3 is 2.96 bits per heavy atom. The molecule has 3 N–H and O–H groups in total. The van der Waals surface area contributed by atoms with Gasteiger partial charge in [0.2, 0.25) is 0 Å². The van der Waals surface area contributed by atoms with Crippen LogP contribution in [0.4, 0.5) is 0 Å². The Hall–Kier alpha value is -1.92. The lowest BCUT2D eigenvalue weighted by molar-refractivity contribution is 0.0222.